The zero-order chi connectivity index (χ0) is 48.4. The van der Waals surface area contributed by atoms with Crippen molar-refractivity contribution in [3.05, 3.63) is 94.1 Å². The number of benzene rings is 2. The van der Waals surface area contributed by atoms with E-state index < -0.39 is 23.4 Å². The van der Waals surface area contributed by atoms with Crippen molar-refractivity contribution in [3.8, 4) is 22.3 Å². The Morgan fingerprint density at radius 1 is 1.00 bits per heavy atom. The molecule has 3 N–H and O–H groups in total. The van der Waals surface area contributed by atoms with Gasteiger partial charge in [-0.3, -0.25) is 24.2 Å². The molecule has 2 fully saturated rings. The number of hydrogen-bond acceptors (Lipinski definition) is 11. The predicted octanol–water partition coefficient (Wildman–Crippen LogP) is 7.56. The summed E-state index contributed by atoms with van der Waals surface area (Å²) in [5.41, 5.74) is 3.47. The molecule has 0 spiro atoms. The lowest BCUT2D eigenvalue weighted by Gasteiger charge is -2.63. The van der Waals surface area contributed by atoms with E-state index in [-0.39, 0.29) is 60.0 Å². The molecule has 6 rings (SSSR count). The molecule has 1 aromatic heterocycles. The molecule has 67 heavy (non-hydrogen) atoms. The smallest absolute Gasteiger partial charge is 0.251 e. The van der Waals surface area contributed by atoms with Gasteiger partial charge in [-0.05, 0) is 60.8 Å². The Morgan fingerprint density at radius 2 is 1.73 bits per heavy atom. The first-order valence-electron chi connectivity index (χ1n) is 23.1. The van der Waals surface area contributed by atoms with Gasteiger partial charge < -0.3 is 39.8 Å². The molecular formula is C51H65ClN6O8S. The zero-order valence-corrected chi connectivity index (χ0v) is 41.3. The number of rotatable bonds is 21. The van der Waals surface area contributed by atoms with Gasteiger partial charge >= 0.3 is 0 Å². The summed E-state index contributed by atoms with van der Waals surface area (Å²) < 4.78 is 23.7. The number of halogens is 1. The first kappa shape index (κ1) is 51.3. The Hall–Kier alpha value is -5.11. The molecule has 2 heterocycles. The largest absolute Gasteiger partial charge is 0.489 e. The van der Waals surface area contributed by atoms with Crippen molar-refractivity contribution in [3.63, 3.8) is 0 Å². The van der Waals surface area contributed by atoms with Gasteiger partial charge in [-0.25, -0.2) is 0 Å². The molecule has 3 aromatic rings. The van der Waals surface area contributed by atoms with Crippen LogP contribution in [0.1, 0.15) is 91.7 Å². The normalized spacial score (nSPS) is 21.1. The highest BCUT2D eigenvalue weighted by molar-refractivity contribution is 7.13. The molecule has 2 aliphatic carbocycles. The lowest BCUT2D eigenvalue weighted by atomic mass is 9.49. The van der Waals surface area contributed by atoms with Gasteiger partial charge in [0.15, 0.2) is 0 Å². The third-order valence-electron chi connectivity index (χ3n) is 12.8. The van der Waals surface area contributed by atoms with Gasteiger partial charge in [0.05, 0.1) is 40.3 Å². The monoisotopic (exact) mass is 956 g/mol. The number of amides is 4. The van der Waals surface area contributed by atoms with E-state index in [1.165, 1.54) is 0 Å². The van der Waals surface area contributed by atoms with Gasteiger partial charge in [-0.1, -0.05) is 103 Å². The van der Waals surface area contributed by atoms with Crippen LogP contribution < -0.4 is 20.7 Å². The topological polar surface area (TPSA) is 181 Å². The third kappa shape index (κ3) is 13.1. The molecule has 2 aromatic carbocycles. The van der Waals surface area contributed by atoms with Crippen molar-refractivity contribution in [2.45, 2.75) is 117 Å². The average Bonchev–Trinajstić information content (AvgIpc) is 4.03. The average molecular weight is 958 g/mol. The van der Waals surface area contributed by atoms with Crippen LogP contribution in [0, 0.1) is 27.6 Å². The van der Waals surface area contributed by atoms with Crippen LogP contribution in [-0.2, 0) is 39.9 Å². The molecule has 0 radical (unpaired) electrons. The number of carbonyl (C=O) groups is 4. The Balaban J connectivity index is 0.818. The number of nitriles is 1. The lowest BCUT2D eigenvalue weighted by Crippen LogP contribution is -2.74. The number of thiazole rings is 1. The van der Waals surface area contributed by atoms with E-state index >= 15 is 0 Å². The number of hydrogen-bond donors (Lipinski definition) is 3. The fraction of sp³-hybridized carbons (Fsp3) is 0.529. The summed E-state index contributed by atoms with van der Waals surface area (Å²) in [6.45, 7) is 16.1. The van der Waals surface area contributed by atoms with E-state index in [0.717, 1.165) is 28.8 Å². The second kappa shape index (κ2) is 22.8. The van der Waals surface area contributed by atoms with E-state index in [2.05, 4.69) is 54.7 Å². The highest BCUT2D eigenvalue weighted by Crippen LogP contribution is 2.55. The van der Waals surface area contributed by atoms with Gasteiger partial charge in [0, 0.05) is 61.0 Å². The molecule has 1 aliphatic heterocycles. The summed E-state index contributed by atoms with van der Waals surface area (Å²) >= 11 is 7.80. The van der Waals surface area contributed by atoms with Gasteiger partial charge in [-0.15, -0.1) is 11.3 Å². The Kier molecular flexibility index (Phi) is 17.4. The summed E-state index contributed by atoms with van der Waals surface area (Å²) in [7, 11) is 0. The predicted molar refractivity (Wildman–Crippen MR) is 258 cm³/mol. The molecule has 1 unspecified atom stereocenters. The minimum Gasteiger partial charge on any atom is -0.489 e. The first-order valence-corrected chi connectivity index (χ1v) is 24.3. The molecule has 3 atom stereocenters. The van der Waals surface area contributed by atoms with Crippen LogP contribution in [0.25, 0.3) is 10.4 Å². The maximum absolute atomic E-state index is 13.9. The number of ether oxygens (including phenoxy) is 4. The standard InChI is InChI=1S/C51H65ClN6O8S/c1-49(2,3)43(46(62)58-22-10-11-40(58)45(61)55-29-33-12-14-34(15-13-33)41-30-54-32-67-41)56-42(59)31-64-26-25-63-23-8-9-24-65-37-19-16-35(17-20-37)44(60)57-47-50(4,5)48(51(47,6)7)66-38-21-18-36(28-53)39(52)27-38/h12-19,21,27,30,32,37,40,43,47-48H,8-11,20,22-26,29,31H2,1-7H3,(H,55,61)(H,56,59)(H,57,60)/t37?,40-,43+,47?,48?/m0/s1. The fourth-order valence-electron chi connectivity index (χ4n) is 9.40. The highest BCUT2D eigenvalue weighted by atomic mass is 35.5. The minimum atomic E-state index is -0.840. The summed E-state index contributed by atoms with van der Waals surface area (Å²) in [6, 6.07) is 13.5. The number of carbonyl (C=O) groups excluding carboxylic acids is 4. The van der Waals surface area contributed by atoms with E-state index in [1.54, 1.807) is 39.9 Å². The maximum atomic E-state index is 13.9. The number of unbranched alkanes of at least 4 members (excludes halogenated alkanes) is 1. The Bertz CT molecular complexity index is 2290. The van der Waals surface area contributed by atoms with Gasteiger partial charge in [-0.2, -0.15) is 5.26 Å². The number of likely N-dealkylation sites (tertiary alicyclic amines) is 1. The van der Waals surface area contributed by atoms with Crippen LogP contribution in [0.15, 0.2) is 78.0 Å². The number of nitrogens with zero attached hydrogens (tertiary/aromatic N) is 3. The van der Waals surface area contributed by atoms with Crippen molar-refractivity contribution in [2.24, 2.45) is 16.2 Å². The van der Waals surface area contributed by atoms with Gasteiger partial charge in [0.1, 0.15) is 36.6 Å². The van der Waals surface area contributed by atoms with Crippen molar-refractivity contribution in [1.82, 2.24) is 25.8 Å². The summed E-state index contributed by atoms with van der Waals surface area (Å²) in [5.74, 6) is -0.455. The molecule has 4 amide bonds. The van der Waals surface area contributed by atoms with Crippen LogP contribution in [0.5, 0.6) is 5.75 Å². The number of nitrogens with one attached hydrogen (secondary N) is 3. The number of aromatic nitrogens is 1. The zero-order valence-electron chi connectivity index (χ0n) is 39.7. The van der Waals surface area contributed by atoms with Crippen LogP contribution in [0.3, 0.4) is 0 Å². The quantitative estimate of drug-likeness (QED) is 0.0903. The molecule has 16 heteroatoms. The fourth-order valence-corrected chi connectivity index (χ4v) is 10.2. The van der Waals surface area contributed by atoms with Crippen molar-refractivity contribution >= 4 is 46.6 Å². The van der Waals surface area contributed by atoms with Crippen molar-refractivity contribution in [1.29, 1.82) is 5.26 Å². The molecular weight excluding hydrogens is 892 g/mol. The van der Waals surface area contributed by atoms with Crippen LogP contribution in [0.2, 0.25) is 5.02 Å². The summed E-state index contributed by atoms with van der Waals surface area (Å²) in [6.07, 6.45) is 10.6. The first-order chi connectivity index (χ1) is 31.9. The maximum Gasteiger partial charge on any atom is 0.251 e. The SMILES string of the molecule is CC1(C)C(NC(=O)C2=CCC(OCCCCOCCOCC(=O)N[C@H](C(=O)N3CCC[C@H]3C(=O)NCc3ccc(-c4cncs4)cc3)C(C)(C)C)C=C2)C(C)(C)C1Oc1ccc(C#N)c(Cl)c1. The van der Waals surface area contributed by atoms with Crippen LogP contribution in [-0.4, -0.2) is 103 Å². The summed E-state index contributed by atoms with van der Waals surface area (Å²) in [4.78, 5) is 60.4. The molecule has 1 saturated heterocycles. The second-order valence-electron chi connectivity index (χ2n) is 19.7. The Labute approximate surface area is 403 Å². The van der Waals surface area contributed by atoms with Gasteiger partial charge in [0.25, 0.3) is 5.91 Å². The van der Waals surface area contributed by atoms with Crippen LogP contribution in [0.4, 0.5) is 0 Å². The van der Waals surface area contributed by atoms with Crippen molar-refractivity contribution in [2.75, 3.05) is 39.6 Å². The summed E-state index contributed by atoms with van der Waals surface area (Å²) in [5, 5.41) is 18.7. The molecule has 3 aliphatic rings. The molecule has 14 nitrogen and oxygen atoms in total. The minimum absolute atomic E-state index is 0.121. The van der Waals surface area contributed by atoms with E-state index in [1.807, 2.05) is 69.5 Å². The van der Waals surface area contributed by atoms with Crippen molar-refractivity contribution < 1.29 is 38.1 Å². The van der Waals surface area contributed by atoms with E-state index in [9.17, 15) is 24.4 Å². The molecule has 1 saturated carbocycles. The third-order valence-corrected chi connectivity index (χ3v) is 13.9. The van der Waals surface area contributed by atoms with E-state index in [0.29, 0.717) is 74.1 Å². The van der Waals surface area contributed by atoms with E-state index in [4.69, 9.17) is 30.5 Å². The lowest BCUT2D eigenvalue weighted by molar-refractivity contribution is -0.172. The molecule has 0 bridgehead atoms. The second-order valence-corrected chi connectivity index (χ2v) is 21.0. The van der Waals surface area contributed by atoms with Crippen LogP contribution >= 0.6 is 22.9 Å². The van der Waals surface area contributed by atoms with Gasteiger partial charge in [0.2, 0.25) is 17.7 Å². The highest BCUT2D eigenvalue weighted by Gasteiger charge is 2.64. The molecule has 360 valence electrons. The Morgan fingerprint density at radius 3 is 2.39 bits per heavy atom.